The van der Waals surface area contributed by atoms with Crippen molar-refractivity contribution in [2.24, 2.45) is 0 Å². The van der Waals surface area contributed by atoms with Crippen LogP contribution in [0.25, 0.3) is 0 Å². The van der Waals surface area contributed by atoms with Gasteiger partial charge in [-0.25, -0.2) is 0 Å². The van der Waals surface area contributed by atoms with Crippen molar-refractivity contribution in [3.05, 3.63) is 28.2 Å². The minimum Gasteiger partial charge on any atom is -0.384 e. The molecule has 2 nitrogen and oxygen atoms in total. The van der Waals surface area contributed by atoms with Gasteiger partial charge in [0.25, 0.3) is 0 Å². The molecule has 86 valence electrons. The fraction of sp³-hybridized carbons (Fsp3) is 0.417. The van der Waals surface area contributed by atoms with E-state index < -0.39 is 0 Å². The third-order valence-corrected chi connectivity index (χ3v) is 3.54. The van der Waals surface area contributed by atoms with E-state index in [0.29, 0.717) is 5.56 Å². The summed E-state index contributed by atoms with van der Waals surface area (Å²) in [5.41, 5.74) is 1.74. The van der Waals surface area contributed by atoms with Crippen molar-refractivity contribution in [3.8, 4) is 6.07 Å². The van der Waals surface area contributed by atoms with Gasteiger partial charge in [0.1, 0.15) is 0 Å². The lowest BCUT2D eigenvalue weighted by atomic mass is 10.2. The minimum absolute atomic E-state index is 0.680. The Bertz CT molecular complexity index is 374. The highest BCUT2D eigenvalue weighted by Crippen LogP contribution is 2.23. The molecule has 1 rings (SSSR count). The van der Waals surface area contributed by atoms with Crippen molar-refractivity contribution in [2.75, 3.05) is 23.9 Å². The molecule has 0 spiro atoms. The van der Waals surface area contributed by atoms with Crippen LogP contribution in [0.15, 0.2) is 22.7 Å². The molecule has 0 saturated heterocycles. The maximum absolute atomic E-state index is 8.73. The number of anilines is 1. The van der Waals surface area contributed by atoms with Crippen LogP contribution in [0.5, 0.6) is 0 Å². The first-order valence-corrected chi connectivity index (χ1v) is 7.39. The van der Waals surface area contributed by atoms with Gasteiger partial charge in [-0.2, -0.15) is 17.0 Å². The Labute approximate surface area is 110 Å². The van der Waals surface area contributed by atoms with Crippen LogP contribution in [0.3, 0.4) is 0 Å². The van der Waals surface area contributed by atoms with Crippen LogP contribution < -0.4 is 5.32 Å². The maximum Gasteiger partial charge on any atom is 0.0992 e. The molecule has 1 N–H and O–H groups in total. The lowest BCUT2D eigenvalue weighted by Crippen LogP contribution is -2.02. The number of nitrogens with one attached hydrogen (secondary N) is 1. The molecule has 0 fully saturated rings. The number of hydrogen-bond acceptors (Lipinski definition) is 3. The van der Waals surface area contributed by atoms with E-state index in [1.54, 1.807) is 0 Å². The number of nitriles is 1. The number of rotatable bonds is 6. The van der Waals surface area contributed by atoms with Crippen LogP contribution in [-0.4, -0.2) is 18.6 Å². The van der Waals surface area contributed by atoms with Crippen molar-refractivity contribution in [1.29, 1.82) is 5.26 Å². The van der Waals surface area contributed by atoms with Crippen molar-refractivity contribution in [1.82, 2.24) is 0 Å². The van der Waals surface area contributed by atoms with Gasteiger partial charge in [0.2, 0.25) is 0 Å². The molecule has 0 aromatic heterocycles. The van der Waals surface area contributed by atoms with Gasteiger partial charge in [-0.15, -0.1) is 0 Å². The molecule has 0 atom stereocenters. The van der Waals surface area contributed by atoms with Gasteiger partial charge in [-0.05, 0) is 59.0 Å². The lowest BCUT2D eigenvalue weighted by Gasteiger charge is -2.08. The molecule has 0 heterocycles. The average Bonchev–Trinajstić information content (AvgIpc) is 2.30. The van der Waals surface area contributed by atoms with Crippen LogP contribution in [0, 0.1) is 11.3 Å². The number of nitrogens with zero attached hydrogens (tertiary/aromatic N) is 1. The second-order valence-electron chi connectivity index (χ2n) is 3.43. The summed E-state index contributed by atoms with van der Waals surface area (Å²) in [5.74, 6) is 1.22. The Morgan fingerprint density at radius 3 is 2.88 bits per heavy atom. The van der Waals surface area contributed by atoms with E-state index in [4.69, 9.17) is 5.26 Å². The molecule has 0 unspecified atom stereocenters. The summed E-state index contributed by atoms with van der Waals surface area (Å²) in [7, 11) is 0. The second-order valence-corrected chi connectivity index (χ2v) is 5.27. The van der Waals surface area contributed by atoms with Crippen LogP contribution in [0.4, 0.5) is 5.69 Å². The predicted octanol–water partition coefficient (Wildman–Crippen LogP) is 3.88. The summed E-state index contributed by atoms with van der Waals surface area (Å²) in [4.78, 5) is 0. The summed E-state index contributed by atoms with van der Waals surface area (Å²) in [6.07, 6.45) is 4.54. The van der Waals surface area contributed by atoms with E-state index in [2.05, 4.69) is 33.6 Å². The van der Waals surface area contributed by atoms with Crippen molar-refractivity contribution >= 4 is 33.4 Å². The standard InChI is InChI=1S/C12H15BrN2S/c1-16-7-3-2-6-15-12-5-4-10(9-14)8-11(12)13/h4-5,8,15H,2-3,6-7H2,1H3. The first kappa shape index (κ1) is 13.4. The van der Waals surface area contributed by atoms with E-state index >= 15 is 0 Å². The van der Waals surface area contributed by atoms with E-state index in [9.17, 15) is 0 Å². The van der Waals surface area contributed by atoms with Gasteiger partial charge < -0.3 is 5.32 Å². The molecule has 1 aromatic carbocycles. The van der Waals surface area contributed by atoms with Gasteiger partial charge in [-0.1, -0.05) is 0 Å². The lowest BCUT2D eigenvalue weighted by molar-refractivity contribution is 0.843. The number of hydrogen-bond donors (Lipinski definition) is 1. The van der Waals surface area contributed by atoms with Crippen LogP contribution in [0.2, 0.25) is 0 Å². The molecule has 16 heavy (non-hydrogen) atoms. The van der Waals surface area contributed by atoms with E-state index in [1.165, 1.54) is 18.6 Å². The fourth-order valence-corrected chi connectivity index (χ4v) is 2.33. The monoisotopic (exact) mass is 298 g/mol. The third-order valence-electron chi connectivity index (χ3n) is 2.19. The SMILES string of the molecule is CSCCCCNc1ccc(C#N)cc1Br. The molecule has 0 aliphatic carbocycles. The highest BCUT2D eigenvalue weighted by Gasteiger charge is 2.00. The van der Waals surface area contributed by atoms with Crippen molar-refractivity contribution < 1.29 is 0 Å². The zero-order valence-corrected chi connectivity index (χ0v) is 11.7. The van der Waals surface area contributed by atoms with Crippen LogP contribution in [0.1, 0.15) is 18.4 Å². The summed E-state index contributed by atoms with van der Waals surface area (Å²) in [6, 6.07) is 7.73. The van der Waals surface area contributed by atoms with Gasteiger partial charge in [-0.3, -0.25) is 0 Å². The van der Waals surface area contributed by atoms with Crippen molar-refractivity contribution in [2.45, 2.75) is 12.8 Å². The smallest absolute Gasteiger partial charge is 0.0992 e. The molecule has 0 aliphatic rings. The van der Waals surface area contributed by atoms with Gasteiger partial charge in [0, 0.05) is 16.7 Å². The molecule has 0 radical (unpaired) electrons. The molecule has 0 amide bonds. The maximum atomic E-state index is 8.73. The highest BCUT2D eigenvalue weighted by molar-refractivity contribution is 9.10. The Balaban J connectivity index is 2.40. The number of thioether (sulfide) groups is 1. The van der Waals surface area contributed by atoms with E-state index in [1.807, 2.05) is 30.0 Å². The number of halogens is 1. The topological polar surface area (TPSA) is 35.8 Å². The Hall–Kier alpha value is -0.660. The van der Waals surface area contributed by atoms with Crippen molar-refractivity contribution in [3.63, 3.8) is 0 Å². The van der Waals surface area contributed by atoms with Gasteiger partial charge in [0.05, 0.1) is 11.6 Å². The number of unbranched alkanes of at least 4 members (excludes halogenated alkanes) is 1. The summed E-state index contributed by atoms with van der Waals surface area (Å²) in [6.45, 7) is 0.977. The molecule has 0 saturated carbocycles. The third kappa shape index (κ3) is 4.46. The Morgan fingerprint density at radius 2 is 2.25 bits per heavy atom. The molecule has 4 heteroatoms. The Kier molecular flexibility index (Phi) is 6.36. The number of benzene rings is 1. The van der Waals surface area contributed by atoms with Gasteiger partial charge in [0.15, 0.2) is 0 Å². The Morgan fingerprint density at radius 1 is 1.44 bits per heavy atom. The first-order chi connectivity index (χ1) is 7.77. The van der Waals surface area contributed by atoms with Crippen LogP contribution >= 0.6 is 27.7 Å². The average molecular weight is 299 g/mol. The largest absolute Gasteiger partial charge is 0.384 e. The molecule has 1 aromatic rings. The normalized spacial score (nSPS) is 9.81. The summed E-state index contributed by atoms with van der Waals surface area (Å²) >= 11 is 5.34. The zero-order valence-electron chi connectivity index (χ0n) is 9.29. The first-order valence-electron chi connectivity index (χ1n) is 5.20. The molecule has 0 aliphatic heterocycles. The minimum atomic E-state index is 0.680. The quantitative estimate of drug-likeness (QED) is 0.810. The highest BCUT2D eigenvalue weighted by atomic mass is 79.9. The van der Waals surface area contributed by atoms with E-state index in [0.717, 1.165) is 16.7 Å². The summed E-state index contributed by atoms with van der Waals surface area (Å²) < 4.78 is 0.955. The zero-order chi connectivity index (χ0) is 11.8. The summed E-state index contributed by atoms with van der Waals surface area (Å²) in [5, 5.41) is 12.1. The fourth-order valence-electron chi connectivity index (χ4n) is 1.32. The molecule has 0 bridgehead atoms. The molecular formula is C12H15BrN2S. The van der Waals surface area contributed by atoms with Crippen LogP contribution in [-0.2, 0) is 0 Å². The predicted molar refractivity (Wildman–Crippen MR) is 75.0 cm³/mol. The van der Waals surface area contributed by atoms with E-state index in [-0.39, 0.29) is 0 Å². The molecular weight excluding hydrogens is 284 g/mol. The van der Waals surface area contributed by atoms with Gasteiger partial charge >= 0.3 is 0 Å². The second kappa shape index (κ2) is 7.59.